The van der Waals surface area contributed by atoms with Crippen LogP contribution in [0.1, 0.15) is 35.1 Å². The fourth-order valence-corrected chi connectivity index (χ4v) is 3.37. The number of ketones is 1. The number of carbonyl (C=O) groups is 2. The van der Waals surface area contributed by atoms with E-state index in [4.69, 9.17) is 5.73 Å². The summed E-state index contributed by atoms with van der Waals surface area (Å²) in [5, 5.41) is 11.1. The van der Waals surface area contributed by atoms with Gasteiger partial charge < -0.3 is 15.7 Å². The molecule has 1 heterocycles. The molecule has 152 valence electrons. The van der Waals surface area contributed by atoms with E-state index < -0.39 is 0 Å². The number of amides is 1. The number of benzene rings is 1. The molecule has 0 radical (unpaired) electrons. The summed E-state index contributed by atoms with van der Waals surface area (Å²) in [5.41, 5.74) is 7.81. The number of nitrogen functional groups attached to an aromatic ring is 1. The number of nitrogens with zero attached hydrogens (tertiary/aromatic N) is 3. The highest BCUT2D eigenvalue weighted by molar-refractivity contribution is 8.05. The first kappa shape index (κ1) is 22.3. The van der Waals surface area contributed by atoms with Gasteiger partial charge in [0, 0.05) is 41.0 Å². The first-order chi connectivity index (χ1) is 14.0. The van der Waals surface area contributed by atoms with Gasteiger partial charge in [-0.2, -0.15) is 0 Å². The molecule has 8 heteroatoms. The number of aryl methyl sites for hydroxylation is 1. The van der Waals surface area contributed by atoms with Crippen LogP contribution in [0.25, 0.3) is 0 Å². The summed E-state index contributed by atoms with van der Waals surface area (Å²) in [5.74, 6) is 0.763. The maximum atomic E-state index is 12.2. The second-order valence-electron chi connectivity index (χ2n) is 6.19. The maximum Gasteiger partial charge on any atom is 0.214 e. The van der Waals surface area contributed by atoms with Gasteiger partial charge in [0.25, 0.3) is 0 Å². The van der Waals surface area contributed by atoms with Gasteiger partial charge in [-0.25, -0.2) is 9.97 Å². The molecular formula is C21H24N4O3S. The Balaban J connectivity index is 2.16. The molecule has 3 N–H and O–H groups in total. The van der Waals surface area contributed by atoms with Crippen molar-refractivity contribution in [2.24, 2.45) is 0 Å². The number of carbonyl (C=O) groups excluding carboxylic acids is 2. The Morgan fingerprint density at radius 3 is 2.66 bits per heavy atom. The molecule has 29 heavy (non-hydrogen) atoms. The van der Waals surface area contributed by atoms with E-state index in [9.17, 15) is 14.7 Å². The predicted octanol–water partition coefficient (Wildman–Crippen LogP) is 3.07. The molecule has 0 atom stereocenters. The molecule has 7 nitrogen and oxygen atoms in total. The van der Waals surface area contributed by atoms with Crippen molar-refractivity contribution < 1.29 is 14.7 Å². The highest BCUT2D eigenvalue weighted by Crippen LogP contribution is 2.27. The molecule has 1 aromatic carbocycles. The predicted molar refractivity (Wildman–Crippen MR) is 115 cm³/mol. The first-order valence-corrected chi connectivity index (χ1v) is 9.87. The van der Waals surface area contributed by atoms with Crippen LogP contribution in [0.15, 0.2) is 58.6 Å². The molecule has 0 bridgehead atoms. The number of aromatic nitrogens is 2. The molecule has 0 aliphatic heterocycles. The number of nitrogens with two attached hydrogens (primary N) is 1. The number of hydrogen-bond acceptors (Lipinski definition) is 7. The molecule has 0 unspecified atom stereocenters. The van der Waals surface area contributed by atoms with Crippen LogP contribution in [0, 0.1) is 6.92 Å². The first-order valence-electron chi connectivity index (χ1n) is 8.99. The minimum absolute atomic E-state index is 0.0807. The minimum Gasteiger partial charge on any atom is -0.396 e. The summed E-state index contributed by atoms with van der Waals surface area (Å²) in [7, 11) is 0. The molecular weight excluding hydrogens is 388 g/mol. The third-order valence-corrected chi connectivity index (χ3v) is 5.20. The zero-order valence-corrected chi connectivity index (χ0v) is 17.2. The van der Waals surface area contributed by atoms with Crippen LogP contribution in [0.2, 0.25) is 0 Å². The zero-order valence-electron chi connectivity index (χ0n) is 16.4. The SMILES string of the molecule is CC(=C(CCO)S/C=C/C(=O)c1ccccc1)N(C=O)Cc1cnc(C)nc1N. The van der Waals surface area contributed by atoms with Gasteiger partial charge in [0.1, 0.15) is 11.6 Å². The van der Waals surface area contributed by atoms with Gasteiger partial charge >= 0.3 is 0 Å². The lowest BCUT2D eigenvalue weighted by Gasteiger charge is -2.21. The minimum atomic E-state index is -0.115. The van der Waals surface area contributed by atoms with Crippen LogP contribution in [0.3, 0.4) is 0 Å². The Bertz CT molecular complexity index is 913. The molecule has 1 aromatic heterocycles. The average molecular weight is 413 g/mol. The van der Waals surface area contributed by atoms with E-state index in [2.05, 4.69) is 9.97 Å². The number of allylic oxidation sites excluding steroid dienone is 2. The molecule has 1 amide bonds. The van der Waals surface area contributed by atoms with Crippen LogP contribution in [-0.4, -0.2) is 38.8 Å². The number of thioether (sulfide) groups is 1. The highest BCUT2D eigenvalue weighted by Gasteiger charge is 2.13. The van der Waals surface area contributed by atoms with Crippen LogP contribution >= 0.6 is 11.8 Å². The second kappa shape index (κ2) is 11.1. The Labute approximate surface area is 174 Å². The number of aliphatic hydroxyl groups excluding tert-OH is 1. The summed E-state index contributed by atoms with van der Waals surface area (Å²) in [6.07, 6.45) is 4.12. The van der Waals surface area contributed by atoms with Crippen LogP contribution in [0.4, 0.5) is 5.82 Å². The van der Waals surface area contributed by atoms with Gasteiger partial charge in [-0.3, -0.25) is 9.59 Å². The quantitative estimate of drug-likeness (QED) is 0.351. The number of rotatable bonds is 10. The summed E-state index contributed by atoms with van der Waals surface area (Å²) in [6, 6.07) is 8.95. The van der Waals surface area contributed by atoms with Crippen molar-refractivity contribution in [1.82, 2.24) is 14.9 Å². The third-order valence-electron chi connectivity index (χ3n) is 4.15. The topological polar surface area (TPSA) is 109 Å². The molecule has 0 saturated heterocycles. The normalized spacial score (nSPS) is 12.0. The van der Waals surface area contributed by atoms with Crippen molar-refractivity contribution in [3.63, 3.8) is 0 Å². The van der Waals surface area contributed by atoms with Crippen LogP contribution in [-0.2, 0) is 11.3 Å². The van der Waals surface area contributed by atoms with Gasteiger partial charge in [-0.05, 0) is 25.3 Å². The summed E-state index contributed by atoms with van der Waals surface area (Å²) in [4.78, 5) is 34.3. The van der Waals surface area contributed by atoms with Crippen LogP contribution < -0.4 is 5.73 Å². The monoisotopic (exact) mass is 412 g/mol. The lowest BCUT2D eigenvalue weighted by atomic mass is 10.1. The molecule has 2 aromatic rings. The lowest BCUT2D eigenvalue weighted by molar-refractivity contribution is -0.116. The van der Waals surface area contributed by atoms with Crippen molar-refractivity contribution in [1.29, 1.82) is 0 Å². The van der Waals surface area contributed by atoms with Gasteiger partial charge in [0.2, 0.25) is 6.41 Å². The van der Waals surface area contributed by atoms with E-state index in [1.165, 1.54) is 22.7 Å². The smallest absolute Gasteiger partial charge is 0.214 e. The Morgan fingerprint density at radius 2 is 2.03 bits per heavy atom. The van der Waals surface area contributed by atoms with E-state index in [1.807, 2.05) is 6.07 Å². The molecule has 0 aliphatic rings. The van der Waals surface area contributed by atoms with E-state index in [0.717, 1.165) is 4.91 Å². The number of aliphatic hydroxyl groups is 1. The van der Waals surface area contributed by atoms with Crippen molar-refractivity contribution in [2.75, 3.05) is 12.3 Å². The summed E-state index contributed by atoms with van der Waals surface area (Å²) >= 11 is 1.29. The van der Waals surface area contributed by atoms with Gasteiger partial charge in [0.15, 0.2) is 5.78 Å². The Morgan fingerprint density at radius 1 is 1.31 bits per heavy atom. The van der Waals surface area contributed by atoms with E-state index in [-0.39, 0.29) is 18.9 Å². The highest BCUT2D eigenvalue weighted by atomic mass is 32.2. The lowest BCUT2D eigenvalue weighted by Crippen LogP contribution is -2.21. The van der Waals surface area contributed by atoms with Gasteiger partial charge in [0.05, 0.1) is 6.54 Å². The molecule has 0 aliphatic carbocycles. The van der Waals surface area contributed by atoms with Crippen molar-refractivity contribution in [3.05, 3.63) is 75.6 Å². The maximum absolute atomic E-state index is 12.2. The third kappa shape index (κ3) is 6.55. The number of anilines is 1. The second-order valence-corrected chi connectivity index (χ2v) is 7.19. The fraction of sp³-hybridized carbons (Fsp3) is 0.238. The standard InChI is InChI=1S/C21H24N4O3S/c1-15(25(14-27)13-18-12-23-16(2)24-21(18)22)20(8-10-26)29-11-9-19(28)17-6-4-3-5-7-17/h3-7,9,11-12,14,26H,8,10,13H2,1-2H3,(H2,22,23,24)/b11-9+,20-15?. The Hall–Kier alpha value is -2.97. The largest absolute Gasteiger partial charge is 0.396 e. The van der Waals surface area contributed by atoms with E-state index >= 15 is 0 Å². The van der Waals surface area contributed by atoms with Crippen molar-refractivity contribution in [2.45, 2.75) is 26.8 Å². The van der Waals surface area contributed by atoms with Gasteiger partial charge in [-0.1, -0.05) is 30.3 Å². The van der Waals surface area contributed by atoms with Gasteiger partial charge in [-0.15, -0.1) is 11.8 Å². The molecule has 0 saturated carbocycles. The zero-order chi connectivity index (χ0) is 21.2. The van der Waals surface area contributed by atoms with E-state index in [0.29, 0.717) is 41.3 Å². The van der Waals surface area contributed by atoms with Crippen molar-refractivity contribution >= 4 is 29.8 Å². The molecule has 2 rings (SSSR count). The molecule has 0 spiro atoms. The fourth-order valence-electron chi connectivity index (χ4n) is 2.52. The van der Waals surface area contributed by atoms with Crippen LogP contribution in [0.5, 0.6) is 0 Å². The van der Waals surface area contributed by atoms with Crippen molar-refractivity contribution in [3.8, 4) is 0 Å². The molecule has 0 fully saturated rings. The van der Waals surface area contributed by atoms with E-state index in [1.54, 1.807) is 49.7 Å². The Kier molecular flexibility index (Phi) is 8.57. The summed E-state index contributed by atoms with van der Waals surface area (Å²) < 4.78 is 0. The summed E-state index contributed by atoms with van der Waals surface area (Å²) in [6.45, 7) is 3.65. The average Bonchev–Trinajstić information content (AvgIpc) is 2.72. The number of hydrogen-bond donors (Lipinski definition) is 2.